The Morgan fingerprint density at radius 1 is 0.826 bits per heavy atom. The molecule has 0 aromatic heterocycles. The second-order valence-electron chi connectivity index (χ2n) is 5.64. The van der Waals surface area contributed by atoms with Gasteiger partial charge in [-0.05, 0) is 6.42 Å². The first-order valence-electron chi connectivity index (χ1n) is 8.26. The largest absolute Gasteiger partial charge is 0.480 e. The molecule has 0 spiro atoms. The van der Waals surface area contributed by atoms with Crippen molar-refractivity contribution in [2.75, 3.05) is 6.54 Å². The molecule has 0 aromatic rings. The Labute approximate surface area is 185 Å². The maximum absolute atomic E-state index is 10.9. The Kier molecular flexibility index (Phi) is 26.1. The van der Waals surface area contributed by atoms with Gasteiger partial charge in [-0.2, -0.15) is 0 Å². The average Bonchev–Trinajstić information content (AvgIpc) is 2.43. The summed E-state index contributed by atoms with van der Waals surface area (Å²) in [6.45, 7) is 1.92. The summed E-state index contributed by atoms with van der Waals surface area (Å²) in [5.74, 6) is -1.99. The van der Waals surface area contributed by atoms with Gasteiger partial charge >= 0.3 is 11.9 Å². The third-order valence-electron chi connectivity index (χ3n) is 3.64. The van der Waals surface area contributed by atoms with Gasteiger partial charge in [-0.3, -0.25) is 14.9 Å². The Bertz CT molecular complexity index is 291. The van der Waals surface area contributed by atoms with E-state index in [0.29, 0.717) is 6.42 Å². The number of aliphatic carboxylic acids is 2. The van der Waals surface area contributed by atoms with Crippen LogP contribution in [0.1, 0.15) is 77.6 Å². The van der Waals surface area contributed by atoms with E-state index in [9.17, 15) is 9.59 Å². The molecule has 126 valence electrons. The number of hydrogen-bond acceptors (Lipinski definition) is 3. The summed E-state index contributed by atoms with van der Waals surface area (Å²) < 4.78 is 0. The molecule has 0 saturated heterocycles. The molecule has 0 saturated carbocycles. The third-order valence-corrected chi connectivity index (χ3v) is 3.64. The minimum absolute atomic E-state index is 0. The van der Waals surface area contributed by atoms with Gasteiger partial charge in [0, 0.05) is 59.1 Å². The van der Waals surface area contributed by atoms with Crippen LogP contribution >= 0.6 is 0 Å². The molecule has 0 fully saturated rings. The zero-order chi connectivity index (χ0) is 15.9. The van der Waals surface area contributed by atoms with Gasteiger partial charge in [0.05, 0.1) is 6.54 Å². The van der Waals surface area contributed by atoms with E-state index in [1.165, 1.54) is 44.9 Å². The molecule has 1 atom stereocenters. The van der Waals surface area contributed by atoms with Crippen molar-refractivity contribution in [3.63, 3.8) is 0 Å². The molecule has 0 amide bonds. The molecule has 0 heterocycles. The van der Waals surface area contributed by atoms with Crippen LogP contribution < -0.4 is 5.32 Å². The van der Waals surface area contributed by atoms with E-state index in [2.05, 4.69) is 12.2 Å². The van der Waals surface area contributed by atoms with Gasteiger partial charge in [-0.1, -0.05) is 71.1 Å². The van der Waals surface area contributed by atoms with Crippen molar-refractivity contribution in [3.8, 4) is 0 Å². The number of carboxylic acids is 2. The van der Waals surface area contributed by atoms with E-state index >= 15 is 0 Å². The van der Waals surface area contributed by atoms with Crippen molar-refractivity contribution in [2.24, 2.45) is 0 Å². The van der Waals surface area contributed by atoms with E-state index in [1.54, 1.807) is 0 Å². The number of carbonyl (C=O) groups is 2. The Hall–Kier alpha value is 0.900. The van der Waals surface area contributed by atoms with Gasteiger partial charge in [0.25, 0.3) is 0 Å². The van der Waals surface area contributed by atoms with Crippen molar-refractivity contribution in [1.29, 1.82) is 0 Å². The van der Waals surface area contributed by atoms with Gasteiger partial charge in [-0.15, -0.1) is 0 Å². The monoisotopic (exact) mass is 347 g/mol. The summed E-state index contributed by atoms with van der Waals surface area (Å²) in [5, 5.41) is 20.1. The third kappa shape index (κ3) is 20.9. The first kappa shape index (κ1) is 28.7. The van der Waals surface area contributed by atoms with Gasteiger partial charge in [0.2, 0.25) is 0 Å². The standard InChI is InChI=1S/C16H31NO4.2Na/c1-2-3-4-5-6-7-8-9-10-11-12-14(16(20)21)17-13-15(18)19;;/h14,17H,2-13H2,1H3,(H,18,19)(H,20,21);;. The van der Waals surface area contributed by atoms with Crippen LogP contribution in [-0.2, 0) is 9.59 Å². The molecule has 0 bridgehead atoms. The summed E-state index contributed by atoms with van der Waals surface area (Å²) in [4.78, 5) is 21.4. The number of carboxylic acid groups (broad SMARTS) is 2. The molecule has 0 aromatic carbocycles. The topological polar surface area (TPSA) is 86.6 Å². The zero-order valence-corrected chi connectivity index (χ0v) is 19.3. The predicted octanol–water partition coefficient (Wildman–Crippen LogP) is 2.66. The van der Waals surface area contributed by atoms with Gasteiger partial charge < -0.3 is 10.2 Å². The average molecular weight is 347 g/mol. The summed E-state index contributed by atoms with van der Waals surface area (Å²) in [6.07, 6.45) is 12.6. The molecule has 0 aliphatic carbocycles. The summed E-state index contributed by atoms with van der Waals surface area (Å²) in [7, 11) is 0. The van der Waals surface area contributed by atoms with Crippen LogP contribution in [-0.4, -0.2) is 93.9 Å². The van der Waals surface area contributed by atoms with Crippen molar-refractivity contribution >= 4 is 71.1 Å². The molecule has 7 heteroatoms. The number of hydrogen-bond donors (Lipinski definition) is 3. The van der Waals surface area contributed by atoms with Crippen molar-refractivity contribution < 1.29 is 19.8 Å². The first-order chi connectivity index (χ1) is 10.1. The molecular weight excluding hydrogens is 316 g/mol. The zero-order valence-electron chi connectivity index (χ0n) is 15.3. The maximum atomic E-state index is 10.9. The van der Waals surface area contributed by atoms with Crippen molar-refractivity contribution in [2.45, 2.75) is 83.6 Å². The fourth-order valence-corrected chi connectivity index (χ4v) is 2.36. The van der Waals surface area contributed by atoms with Crippen LogP contribution in [0.3, 0.4) is 0 Å². The molecule has 0 rings (SSSR count). The molecule has 0 aliphatic heterocycles. The molecule has 2 radical (unpaired) electrons. The van der Waals surface area contributed by atoms with Crippen molar-refractivity contribution in [3.05, 3.63) is 0 Å². The normalized spacial score (nSPS) is 11.2. The van der Waals surface area contributed by atoms with Crippen LogP contribution in [0.25, 0.3) is 0 Å². The second-order valence-corrected chi connectivity index (χ2v) is 5.64. The molecular formula is C16H31NNa2O4. The fourth-order valence-electron chi connectivity index (χ4n) is 2.36. The first-order valence-corrected chi connectivity index (χ1v) is 8.26. The summed E-state index contributed by atoms with van der Waals surface area (Å²) in [6, 6.07) is -0.741. The minimum Gasteiger partial charge on any atom is -0.480 e. The van der Waals surface area contributed by atoms with E-state index < -0.39 is 18.0 Å². The Morgan fingerprint density at radius 2 is 1.26 bits per heavy atom. The smallest absolute Gasteiger partial charge is 0.320 e. The quantitative estimate of drug-likeness (QED) is 0.313. The van der Waals surface area contributed by atoms with Crippen LogP contribution in [0.4, 0.5) is 0 Å². The van der Waals surface area contributed by atoms with E-state index in [-0.39, 0.29) is 65.7 Å². The Morgan fingerprint density at radius 3 is 1.65 bits per heavy atom. The predicted molar refractivity (Wildman–Crippen MR) is 95.0 cm³/mol. The van der Waals surface area contributed by atoms with Crippen LogP contribution in [0.2, 0.25) is 0 Å². The van der Waals surface area contributed by atoms with E-state index in [0.717, 1.165) is 19.3 Å². The minimum atomic E-state index is -1.02. The SMILES string of the molecule is CCCCCCCCCCCCC(NCC(=O)O)C(=O)O.[Na].[Na]. The molecule has 23 heavy (non-hydrogen) atoms. The molecule has 5 nitrogen and oxygen atoms in total. The molecule has 0 aliphatic rings. The summed E-state index contributed by atoms with van der Waals surface area (Å²) in [5.41, 5.74) is 0. The fraction of sp³-hybridized carbons (Fsp3) is 0.875. The Balaban J connectivity index is -0.00000200. The van der Waals surface area contributed by atoms with Crippen LogP contribution in [0, 0.1) is 0 Å². The van der Waals surface area contributed by atoms with Crippen molar-refractivity contribution in [1.82, 2.24) is 5.32 Å². The van der Waals surface area contributed by atoms with Crippen LogP contribution in [0.15, 0.2) is 0 Å². The molecule has 1 unspecified atom stereocenters. The van der Waals surface area contributed by atoms with Crippen LogP contribution in [0.5, 0.6) is 0 Å². The second kappa shape index (κ2) is 20.9. The number of nitrogens with one attached hydrogen (secondary N) is 1. The van der Waals surface area contributed by atoms with Gasteiger partial charge in [0.1, 0.15) is 6.04 Å². The van der Waals surface area contributed by atoms with Gasteiger partial charge in [-0.25, -0.2) is 0 Å². The molecule has 3 N–H and O–H groups in total. The number of unbranched alkanes of at least 4 members (excludes halogenated alkanes) is 9. The van der Waals surface area contributed by atoms with E-state index in [1.807, 2.05) is 0 Å². The number of rotatable bonds is 15. The summed E-state index contributed by atoms with van der Waals surface area (Å²) >= 11 is 0. The maximum Gasteiger partial charge on any atom is 0.320 e. The van der Waals surface area contributed by atoms with Gasteiger partial charge in [0.15, 0.2) is 0 Å². The van der Waals surface area contributed by atoms with E-state index in [4.69, 9.17) is 10.2 Å².